The maximum atomic E-state index is 12.1. The van der Waals surface area contributed by atoms with Crippen LogP contribution in [0.4, 0.5) is 5.82 Å². The van der Waals surface area contributed by atoms with Gasteiger partial charge in [0.25, 0.3) is 5.56 Å². The average Bonchev–Trinajstić information content (AvgIpc) is 2.63. The summed E-state index contributed by atoms with van der Waals surface area (Å²) in [7, 11) is 0. The number of nitrogens with zero attached hydrogens (tertiary/aromatic N) is 3. The second-order valence-electron chi connectivity index (χ2n) is 5.65. The van der Waals surface area contributed by atoms with Crippen molar-refractivity contribution >= 4 is 23.3 Å². The lowest BCUT2D eigenvalue weighted by atomic mass is 10.2. The first-order valence-corrected chi connectivity index (χ1v) is 8.42. The molecule has 0 aliphatic carbocycles. The third-order valence-corrected chi connectivity index (χ3v) is 4.28. The van der Waals surface area contributed by atoms with Gasteiger partial charge in [0.1, 0.15) is 12.4 Å². The fraction of sp³-hybridized carbons (Fsp3) is 0.353. The average molecular weight is 363 g/mol. The summed E-state index contributed by atoms with van der Waals surface area (Å²) in [5.74, 6) is 0.371. The first kappa shape index (κ1) is 17.4. The first-order valence-electron chi connectivity index (χ1n) is 8.04. The molecule has 132 valence electrons. The third kappa shape index (κ3) is 4.58. The van der Waals surface area contributed by atoms with E-state index in [9.17, 15) is 9.59 Å². The van der Waals surface area contributed by atoms with Gasteiger partial charge in [0.15, 0.2) is 0 Å². The van der Waals surface area contributed by atoms with Crippen LogP contribution in [0.2, 0.25) is 5.02 Å². The standard InChI is InChI=1S/C17H19ClN4O3/c18-14-4-2-1-3-13(14)11-19-16(23)12-22-17(24)6-5-15(20-22)21-7-9-25-10-8-21/h1-6H,7-12H2,(H,19,23). The molecule has 0 atom stereocenters. The third-order valence-electron chi connectivity index (χ3n) is 3.91. The summed E-state index contributed by atoms with van der Waals surface area (Å²) in [5, 5.41) is 7.64. The van der Waals surface area contributed by atoms with Gasteiger partial charge in [0.2, 0.25) is 5.91 Å². The van der Waals surface area contributed by atoms with Crippen LogP contribution in [0.1, 0.15) is 5.56 Å². The number of carbonyl (C=O) groups is 1. The fourth-order valence-corrected chi connectivity index (χ4v) is 2.74. The maximum absolute atomic E-state index is 12.1. The van der Waals surface area contributed by atoms with Crippen molar-refractivity contribution in [1.82, 2.24) is 15.1 Å². The van der Waals surface area contributed by atoms with Crippen LogP contribution in [0.15, 0.2) is 41.2 Å². The van der Waals surface area contributed by atoms with Crippen molar-refractivity contribution in [2.24, 2.45) is 0 Å². The molecule has 25 heavy (non-hydrogen) atoms. The minimum atomic E-state index is -0.315. The highest BCUT2D eigenvalue weighted by Gasteiger charge is 2.14. The zero-order valence-corrected chi connectivity index (χ0v) is 14.4. The minimum absolute atomic E-state index is 0.137. The number of rotatable bonds is 5. The number of hydrogen-bond acceptors (Lipinski definition) is 5. The summed E-state index contributed by atoms with van der Waals surface area (Å²) in [6, 6.07) is 10.4. The normalized spacial score (nSPS) is 14.4. The summed E-state index contributed by atoms with van der Waals surface area (Å²) >= 11 is 6.07. The molecule has 1 aromatic carbocycles. The van der Waals surface area contributed by atoms with Gasteiger partial charge in [-0.1, -0.05) is 29.8 Å². The molecule has 1 aliphatic rings. The van der Waals surface area contributed by atoms with E-state index in [2.05, 4.69) is 10.4 Å². The summed E-state index contributed by atoms with van der Waals surface area (Å²) in [6.45, 7) is 2.84. The topological polar surface area (TPSA) is 76.5 Å². The molecule has 2 heterocycles. The Morgan fingerprint density at radius 1 is 1.20 bits per heavy atom. The highest BCUT2D eigenvalue weighted by atomic mass is 35.5. The molecular weight excluding hydrogens is 344 g/mol. The van der Waals surface area contributed by atoms with Crippen LogP contribution in [0, 0.1) is 0 Å². The molecule has 0 spiro atoms. The van der Waals surface area contributed by atoms with Crippen molar-refractivity contribution in [2.75, 3.05) is 31.2 Å². The van der Waals surface area contributed by atoms with Gasteiger partial charge in [-0.3, -0.25) is 9.59 Å². The summed E-state index contributed by atoms with van der Waals surface area (Å²) in [5.41, 5.74) is 0.504. The quantitative estimate of drug-likeness (QED) is 0.860. The summed E-state index contributed by atoms with van der Waals surface area (Å²) in [6.07, 6.45) is 0. The lowest BCUT2D eigenvalue weighted by Crippen LogP contribution is -2.39. The van der Waals surface area contributed by atoms with E-state index in [-0.39, 0.29) is 18.0 Å². The molecule has 1 amide bonds. The monoisotopic (exact) mass is 362 g/mol. The predicted octanol–water partition coefficient (Wildman–Crippen LogP) is 1.05. The van der Waals surface area contributed by atoms with Gasteiger partial charge in [-0.05, 0) is 17.7 Å². The van der Waals surface area contributed by atoms with Crippen LogP contribution in [0.5, 0.6) is 0 Å². The minimum Gasteiger partial charge on any atom is -0.378 e. The maximum Gasteiger partial charge on any atom is 0.267 e. The Balaban J connectivity index is 1.64. The number of nitrogens with one attached hydrogen (secondary N) is 1. The van der Waals surface area contributed by atoms with Gasteiger partial charge in [0.05, 0.1) is 13.2 Å². The SMILES string of the molecule is O=C(Cn1nc(N2CCOCC2)ccc1=O)NCc1ccccc1Cl. The van der Waals surface area contributed by atoms with Crippen LogP contribution in [0.3, 0.4) is 0 Å². The molecule has 3 rings (SSSR count). The van der Waals surface area contributed by atoms with Crippen LogP contribution >= 0.6 is 11.6 Å². The lowest BCUT2D eigenvalue weighted by Gasteiger charge is -2.27. The Labute approximate surface area is 150 Å². The number of halogens is 1. The van der Waals surface area contributed by atoms with Crippen molar-refractivity contribution in [3.63, 3.8) is 0 Å². The van der Waals surface area contributed by atoms with Gasteiger partial charge >= 0.3 is 0 Å². The molecule has 2 aromatic rings. The smallest absolute Gasteiger partial charge is 0.267 e. The molecule has 0 saturated carbocycles. The van der Waals surface area contributed by atoms with Gasteiger partial charge in [-0.15, -0.1) is 0 Å². The molecule has 0 unspecified atom stereocenters. The number of anilines is 1. The fourth-order valence-electron chi connectivity index (χ4n) is 2.54. The molecule has 1 fully saturated rings. The molecular formula is C17H19ClN4O3. The molecule has 1 N–H and O–H groups in total. The van der Waals surface area contributed by atoms with Crippen molar-refractivity contribution < 1.29 is 9.53 Å². The molecule has 0 radical (unpaired) electrons. The van der Waals surface area contributed by atoms with E-state index < -0.39 is 0 Å². The van der Waals surface area contributed by atoms with Crippen molar-refractivity contribution in [2.45, 2.75) is 13.1 Å². The van der Waals surface area contributed by atoms with Gasteiger partial charge in [-0.2, -0.15) is 5.10 Å². The molecule has 0 bridgehead atoms. The molecule has 7 nitrogen and oxygen atoms in total. The van der Waals surface area contributed by atoms with E-state index in [1.54, 1.807) is 12.1 Å². The van der Waals surface area contributed by atoms with E-state index in [0.29, 0.717) is 43.7 Å². The van der Waals surface area contributed by atoms with E-state index in [1.807, 2.05) is 23.1 Å². The van der Waals surface area contributed by atoms with Crippen molar-refractivity contribution in [1.29, 1.82) is 0 Å². The van der Waals surface area contributed by atoms with Crippen LogP contribution in [-0.4, -0.2) is 42.0 Å². The predicted molar refractivity (Wildman–Crippen MR) is 94.8 cm³/mol. The molecule has 1 aliphatic heterocycles. The van der Waals surface area contributed by atoms with E-state index >= 15 is 0 Å². The first-order chi connectivity index (χ1) is 12.1. The number of ether oxygens (including phenoxy) is 1. The Hall–Kier alpha value is -2.38. The highest BCUT2D eigenvalue weighted by Crippen LogP contribution is 2.14. The Bertz CT molecular complexity index is 802. The number of aromatic nitrogens is 2. The van der Waals surface area contributed by atoms with Gasteiger partial charge in [0, 0.05) is 30.7 Å². The molecule has 8 heteroatoms. The van der Waals surface area contributed by atoms with E-state index in [1.165, 1.54) is 10.7 Å². The molecule has 1 saturated heterocycles. The zero-order chi connectivity index (χ0) is 17.6. The number of carbonyl (C=O) groups excluding carboxylic acids is 1. The second kappa shape index (κ2) is 8.13. The Kier molecular flexibility index (Phi) is 5.67. The number of hydrogen-bond donors (Lipinski definition) is 1. The van der Waals surface area contributed by atoms with Crippen LogP contribution in [-0.2, 0) is 22.6 Å². The van der Waals surface area contributed by atoms with Gasteiger partial charge in [-0.25, -0.2) is 4.68 Å². The largest absolute Gasteiger partial charge is 0.378 e. The number of morpholine rings is 1. The zero-order valence-electron chi connectivity index (χ0n) is 13.7. The van der Waals surface area contributed by atoms with E-state index in [0.717, 1.165) is 5.56 Å². The van der Waals surface area contributed by atoms with Crippen molar-refractivity contribution in [3.8, 4) is 0 Å². The van der Waals surface area contributed by atoms with E-state index in [4.69, 9.17) is 16.3 Å². The summed E-state index contributed by atoms with van der Waals surface area (Å²) in [4.78, 5) is 26.2. The van der Waals surface area contributed by atoms with Gasteiger partial charge < -0.3 is 15.0 Å². The molecule has 1 aromatic heterocycles. The summed E-state index contributed by atoms with van der Waals surface area (Å²) < 4.78 is 6.48. The van der Waals surface area contributed by atoms with Crippen LogP contribution in [0.25, 0.3) is 0 Å². The number of amides is 1. The van der Waals surface area contributed by atoms with Crippen molar-refractivity contribution in [3.05, 3.63) is 57.3 Å². The number of benzene rings is 1. The lowest BCUT2D eigenvalue weighted by molar-refractivity contribution is -0.122. The highest BCUT2D eigenvalue weighted by molar-refractivity contribution is 6.31. The second-order valence-corrected chi connectivity index (χ2v) is 6.06. The van der Waals surface area contributed by atoms with Crippen LogP contribution < -0.4 is 15.8 Å². The Morgan fingerprint density at radius 2 is 1.96 bits per heavy atom. The Morgan fingerprint density at radius 3 is 2.72 bits per heavy atom.